The lowest BCUT2D eigenvalue weighted by molar-refractivity contribution is 0.184. The van der Waals surface area contributed by atoms with Gasteiger partial charge in [0.1, 0.15) is 17.5 Å². The highest BCUT2D eigenvalue weighted by Crippen LogP contribution is 2.34. The lowest BCUT2D eigenvalue weighted by Crippen LogP contribution is -2.33. The van der Waals surface area contributed by atoms with Crippen LogP contribution in [0.5, 0.6) is 0 Å². The third kappa shape index (κ3) is 3.74. The van der Waals surface area contributed by atoms with E-state index in [0.717, 1.165) is 42.4 Å². The summed E-state index contributed by atoms with van der Waals surface area (Å²) in [5.41, 5.74) is 0.721. The SMILES string of the molecule is COCCn1c(C2CCCN2c2ccnc(C(C)C)n2)nc2ccccc2c1=O. The zero-order chi connectivity index (χ0) is 20.4. The first-order valence-electron chi connectivity index (χ1n) is 10.2. The van der Waals surface area contributed by atoms with Crippen molar-refractivity contribution in [2.75, 3.05) is 25.2 Å². The highest BCUT2D eigenvalue weighted by molar-refractivity contribution is 5.77. The van der Waals surface area contributed by atoms with Gasteiger partial charge in [0, 0.05) is 25.8 Å². The van der Waals surface area contributed by atoms with E-state index in [1.54, 1.807) is 11.7 Å². The van der Waals surface area contributed by atoms with Gasteiger partial charge >= 0.3 is 0 Å². The van der Waals surface area contributed by atoms with E-state index in [0.29, 0.717) is 18.5 Å². The average molecular weight is 393 g/mol. The minimum atomic E-state index is -0.0138. The van der Waals surface area contributed by atoms with Gasteiger partial charge in [-0.3, -0.25) is 9.36 Å². The van der Waals surface area contributed by atoms with Gasteiger partial charge in [-0.15, -0.1) is 0 Å². The monoisotopic (exact) mass is 393 g/mol. The molecule has 1 atom stereocenters. The number of methoxy groups -OCH3 is 1. The molecule has 0 aliphatic carbocycles. The summed E-state index contributed by atoms with van der Waals surface area (Å²) in [6, 6.07) is 9.49. The summed E-state index contributed by atoms with van der Waals surface area (Å²) in [6.07, 6.45) is 3.77. The first-order valence-corrected chi connectivity index (χ1v) is 10.2. The second kappa shape index (κ2) is 8.29. The van der Waals surface area contributed by atoms with Crippen molar-refractivity contribution in [3.05, 3.63) is 58.5 Å². The molecule has 1 aromatic carbocycles. The fourth-order valence-corrected chi connectivity index (χ4v) is 3.95. The Morgan fingerprint density at radius 3 is 2.83 bits per heavy atom. The van der Waals surface area contributed by atoms with Gasteiger partial charge < -0.3 is 9.64 Å². The van der Waals surface area contributed by atoms with Gasteiger partial charge in [-0.05, 0) is 31.0 Å². The van der Waals surface area contributed by atoms with Crippen LogP contribution in [-0.2, 0) is 11.3 Å². The van der Waals surface area contributed by atoms with Crippen molar-refractivity contribution in [1.29, 1.82) is 0 Å². The topological polar surface area (TPSA) is 73.1 Å². The number of hydrogen-bond donors (Lipinski definition) is 0. The lowest BCUT2D eigenvalue weighted by Gasteiger charge is -2.28. The van der Waals surface area contributed by atoms with Gasteiger partial charge in [-0.1, -0.05) is 26.0 Å². The molecule has 1 aliphatic heterocycles. The van der Waals surface area contributed by atoms with Crippen molar-refractivity contribution in [1.82, 2.24) is 19.5 Å². The van der Waals surface area contributed by atoms with E-state index < -0.39 is 0 Å². The molecule has 0 amide bonds. The number of anilines is 1. The van der Waals surface area contributed by atoms with Crippen LogP contribution < -0.4 is 10.5 Å². The third-order valence-corrected chi connectivity index (χ3v) is 5.43. The van der Waals surface area contributed by atoms with E-state index in [1.165, 1.54) is 0 Å². The number of nitrogens with zero attached hydrogens (tertiary/aromatic N) is 5. The van der Waals surface area contributed by atoms with Gasteiger partial charge in [0.2, 0.25) is 0 Å². The summed E-state index contributed by atoms with van der Waals surface area (Å²) in [6.45, 7) is 6.01. The Hall–Kier alpha value is -2.80. The Kier molecular flexibility index (Phi) is 5.58. The summed E-state index contributed by atoms with van der Waals surface area (Å²) < 4.78 is 7.04. The smallest absolute Gasteiger partial charge is 0.261 e. The largest absolute Gasteiger partial charge is 0.383 e. The molecule has 0 N–H and O–H groups in total. The summed E-state index contributed by atoms with van der Waals surface area (Å²) in [4.78, 5) is 29.6. The first-order chi connectivity index (χ1) is 14.1. The number of para-hydroxylation sites is 1. The molecule has 0 saturated carbocycles. The van der Waals surface area contributed by atoms with E-state index in [1.807, 2.05) is 36.5 Å². The second-order valence-corrected chi connectivity index (χ2v) is 7.72. The molecule has 3 heterocycles. The van der Waals surface area contributed by atoms with Crippen LogP contribution in [0.3, 0.4) is 0 Å². The Morgan fingerprint density at radius 1 is 1.21 bits per heavy atom. The predicted molar refractivity (Wildman–Crippen MR) is 113 cm³/mol. The van der Waals surface area contributed by atoms with Crippen molar-refractivity contribution < 1.29 is 4.74 Å². The van der Waals surface area contributed by atoms with Crippen molar-refractivity contribution in [3.8, 4) is 0 Å². The van der Waals surface area contributed by atoms with E-state index in [4.69, 9.17) is 14.7 Å². The van der Waals surface area contributed by atoms with E-state index in [2.05, 4.69) is 23.7 Å². The van der Waals surface area contributed by atoms with Crippen LogP contribution in [0, 0.1) is 0 Å². The molecule has 1 fully saturated rings. The Morgan fingerprint density at radius 2 is 2.03 bits per heavy atom. The molecule has 0 spiro atoms. The number of aromatic nitrogens is 4. The van der Waals surface area contributed by atoms with Crippen molar-refractivity contribution in [2.45, 2.75) is 45.2 Å². The summed E-state index contributed by atoms with van der Waals surface area (Å²) in [7, 11) is 1.65. The Labute approximate surface area is 170 Å². The van der Waals surface area contributed by atoms with Gasteiger partial charge in [0.25, 0.3) is 5.56 Å². The van der Waals surface area contributed by atoms with Crippen LogP contribution in [0.2, 0.25) is 0 Å². The molecule has 1 aliphatic rings. The number of rotatable bonds is 6. The van der Waals surface area contributed by atoms with E-state index >= 15 is 0 Å². The van der Waals surface area contributed by atoms with Crippen LogP contribution >= 0.6 is 0 Å². The fourth-order valence-electron chi connectivity index (χ4n) is 3.95. The number of hydrogen-bond acceptors (Lipinski definition) is 6. The quantitative estimate of drug-likeness (QED) is 0.640. The van der Waals surface area contributed by atoms with Crippen LogP contribution in [0.25, 0.3) is 10.9 Å². The zero-order valence-electron chi connectivity index (χ0n) is 17.2. The summed E-state index contributed by atoms with van der Waals surface area (Å²) >= 11 is 0. The molecular formula is C22H27N5O2. The third-order valence-electron chi connectivity index (χ3n) is 5.43. The fraction of sp³-hybridized carbons (Fsp3) is 0.455. The maximum Gasteiger partial charge on any atom is 0.261 e. The molecule has 0 bridgehead atoms. The molecule has 2 aromatic heterocycles. The second-order valence-electron chi connectivity index (χ2n) is 7.72. The molecule has 3 aromatic rings. The van der Waals surface area contributed by atoms with Gasteiger partial charge in [-0.25, -0.2) is 15.0 Å². The highest BCUT2D eigenvalue weighted by Gasteiger charge is 2.31. The minimum Gasteiger partial charge on any atom is -0.383 e. The summed E-state index contributed by atoms with van der Waals surface area (Å²) in [5.74, 6) is 2.77. The zero-order valence-corrected chi connectivity index (χ0v) is 17.2. The maximum absolute atomic E-state index is 13.2. The van der Waals surface area contributed by atoms with Crippen molar-refractivity contribution >= 4 is 16.7 Å². The van der Waals surface area contributed by atoms with Gasteiger partial charge in [0.05, 0.1) is 30.1 Å². The molecular weight excluding hydrogens is 366 g/mol. The van der Waals surface area contributed by atoms with Crippen LogP contribution in [0.4, 0.5) is 5.82 Å². The number of fused-ring (bicyclic) bond motifs is 1. The molecule has 152 valence electrons. The minimum absolute atomic E-state index is 0.000857. The molecule has 1 saturated heterocycles. The predicted octanol–water partition coefficient (Wildman–Crippen LogP) is 3.30. The standard InChI is InChI=1S/C22H27N5O2/c1-15(2)20-23-11-10-19(25-20)26-12-6-9-18(26)21-24-17-8-5-4-7-16(17)22(28)27(21)13-14-29-3/h4-5,7-8,10-11,15,18H,6,9,12-14H2,1-3H3. The molecule has 7 nitrogen and oxygen atoms in total. The highest BCUT2D eigenvalue weighted by atomic mass is 16.5. The lowest BCUT2D eigenvalue weighted by atomic mass is 10.1. The molecule has 1 unspecified atom stereocenters. The number of benzene rings is 1. The van der Waals surface area contributed by atoms with Crippen molar-refractivity contribution in [2.24, 2.45) is 0 Å². The Balaban J connectivity index is 1.82. The van der Waals surface area contributed by atoms with E-state index in [9.17, 15) is 4.79 Å². The summed E-state index contributed by atoms with van der Waals surface area (Å²) in [5, 5.41) is 0.640. The average Bonchev–Trinajstić information content (AvgIpc) is 3.23. The molecule has 0 radical (unpaired) electrons. The normalized spacial score (nSPS) is 16.8. The maximum atomic E-state index is 13.2. The van der Waals surface area contributed by atoms with Crippen molar-refractivity contribution in [3.63, 3.8) is 0 Å². The van der Waals surface area contributed by atoms with Gasteiger partial charge in [0.15, 0.2) is 0 Å². The first kappa shape index (κ1) is 19.5. The van der Waals surface area contributed by atoms with E-state index in [-0.39, 0.29) is 17.5 Å². The van der Waals surface area contributed by atoms with Crippen LogP contribution in [0.1, 0.15) is 50.3 Å². The Bertz CT molecular complexity index is 1060. The molecule has 29 heavy (non-hydrogen) atoms. The van der Waals surface area contributed by atoms with Crippen LogP contribution in [0.15, 0.2) is 41.3 Å². The number of ether oxygens (including phenoxy) is 1. The molecule has 7 heteroatoms. The van der Waals surface area contributed by atoms with Gasteiger partial charge in [-0.2, -0.15) is 0 Å². The van der Waals surface area contributed by atoms with Crippen LogP contribution in [-0.4, -0.2) is 39.8 Å². The molecule has 4 rings (SSSR count).